The Morgan fingerprint density at radius 3 is 2.38 bits per heavy atom. The van der Waals surface area contributed by atoms with E-state index in [4.69, 9.17) is 10.5 Å². The third-order valence-corrected chi connectivity index (χ3v) is 1.20. The monoisotopic (exact) mass is 114 g/mol. The fourth-order valence-electron chi connectivity index (χ4n) is 0.183. The van der Waals surface area contributed by atoms with Crippen molar-refractivity contribution >= 4 is 0 Å². The number of nitrogens with zero attached hydrogens (tertiary/aromatic N) is 1. The van der Waals surface area contributed by atoms with Crippen LogP contribution in [0.4, 0.5) is 0 Å². The second-order valence-electron chi connectivity index (χ2n) is 1.91. The van der Waals surface area contributed by atoms with E-state index in [1.807, 2.05) is 18.5 Å². The number of hydroxylamine groups is 1. The van der Waals surface area contributed by atoms with Crippen molar-refractivity contribution in [2.45, 2.75) is 25.8 Å². The summed E-state index contributed by atoms with van der Waals surface area (Å²) in [5.41, 5.74) is 1.15. The van der Waals surface area contributed by atoms with Crippen LogP contribution in [0.2, 0.25) is 0 Å². The Morgan fingerprint density at radius 1 is 1.88 bits per heavy atom. The zero-order valence-electron chi connectivity index (χ0n) is 5.10. The van der Waals surface area contributed by atoms with Crippen LogP contribution < -0.4 is 5.48 Å². The number of hydrogen-bond donors (Lipinski definition) is 2. The van der Waals surface area contributed by atoms with Gasteiger partial charge in [-0.2, -0.15) is 10.7 Å². The molecule has 0 aromatic heterocycles. The van der Waals surface area contributed by atoms with Crippen LogP contribution in [0.3, 0.4) is 0 Å². The van der Waals surface area contributed by atoms with Gasteiger partial charge in [-0.3, -0.25) is 0 Å². The Labute approximate surface area is 48.9 Å². The van der Waals surface area contributed by atoms with E-state index >= 15 is 0 Å². The molecule has 0 saturated carbocycles. The van der Waals surface area contributed by atoms with Gasteiger partial charge >= 0.3 is 0 Å². The first-order chi connectivity index (χ1) is 3.68. The molecule has 3 nitrogen and oxygen atoms in total. The van der Waals surface area contributed by atoms with E-state index in [9.17, 15) is 0 Å². The zero-order valence-corrected chi connectivity index (χ0v) is 5.10. The average molecular weight is 114 g/mol. The quantitative estimate of drug-likeness (QED) is 0.518. The number of hydrogen-bond acceptors (Lipinski definition) is 3. The summed E-state index contributed by atoms with van der Waals surface area (Å²) in [5, 5.41) is 16.6. The molecule has 0 heterocycles. The van der Waals surface area contributed by atoms with Crippen LogP contribution in [0, 0.1) is 11.3 Å². The van der Waals surface area contributed by atoms with E-state index in [0.717, 1.165) is 0 Å². The van der Waals surface area contributed by atoms with Gasteiger partial charge in [0.05, 0.1) is 6.07 Å². The largest absolute Gasteiger partial charge is 0.315 e. The van der Waals surface area contributed by atoms with Gasteiger partial charge in [0.25, 0.3) is 0 Å². The first-order valence-corrected chi connectivity index (χ1v) is 2.51. The topological polar surface area (TPSA) is 56.0 Å². The molecule has 0 aromatic rings. The van der Waals surface area contributed by atoms with Crippen molar-refractivity contribution in [2.24, 2.45) is 0 Å². The van der Waals surface area contributed by atoms with E-state index in [-0.39, 0.29) is 0 Å². The summed E-state index contributed by atoms with van der Waals surface area (Å²) in [6.07, 6.45) is 0.597. The lowest BCUT2D eigenvalue weighted by atomic mass is 10.0. The molecule has 3 heteroatoms. The molecular weight excluding hydrogens is 104 g/mol. The van der Waals surface area contributed by atoms with Gasteiger partial charge < -0.3 is 5.21 Å². The van der Waals surface area contributed by atoms with Gasteiger partial charge in [-0.15, -0.1) is 0 Å². The van der Waals surface area contributed by atoms with Crippen molar-refractivity contribution < 1.29 is 5.21 Å². The van der Waals surface area contributed by atoms with Gasteiger partial charge in [-0.25, -0.2) is 0 Å². The second-order valence-corrected chi connectivity index (χ2v) is 1.91. The Balaban J connectivity index is 3.83. The molecule has 1 unspecified atom stereocenters. The third-order valence-electron chi connectivity index (χ3n) is 1.20. The normalized spacial score (nSPS) is 16.8. The molecule has 2 N–H and O–H groups in total. The Bertz CT molecular complexity index is 101. The molecule has 0 radical (unpaired) electrons. The molecule has 0 aromatic carbocycles. The molecule has 0 aliphatic carbocycles. The van der Waals surface area contributed by atoms with E-state index in [1.54, 1.807) is 6.92 Å². The number of rotatable bonds is 2. The smallest absolute Gasteiger partial charge is 0.126 e. The molecule has 1 atom stereocenters. The molecule has 0 saturated heterocycles. The van der Waals surface area contributed by atoms with Crippen molar-refractivity contribution in [3.63, 3.8) is 0 Å². The third kappa shape index (κ3) is 1.49. The molecule has 46 valence electrons. The van der Waals surface area contributed by atoms with Gasteiger partial charge in [-0.1, -0.05) is 6.92 Å². The Morgan fingerprint density at radius 2 is 2.38 bits per heavy atom. The molecule has 0 fully saturated rings. The highest BCUT2D eigenvalue weighted by Gasteiger charge is 2.18. The highest BCUT2D eigenvalue weighted by molar-refractivity contribution is 5.00. The van der Waals surface area contributed by atoms with Crippen LogP contribution in [0.5, 0.6) is 0 Å². The first-order valence-electron chi connectivity index (χ1n) is 2.51. The van der Waals surface area contributed by atoms with E-state index in [2.05, 4.69) is 0 Å². The first kappa shape index (κ1) is 7.41. The molecule has 8 heavy (non-hydrogen) atoms. The lowest BCUT2D eigenvalue weighted by Crippen LogP contribution is -2.37. The number of nitrogens with one attached hydrogen (secondary N) is 1. The summed E-state index contributed by atoms with van der Waals surface area (Å²) < 4.78 is 0. The molecule has 0 bridgehead atoms. The van der Waals surface area contributed by atoms with Crippen LogP contribution >= 0.6 is 0 Å². The maximum atomic E-state index is 8.31. The van der Waals surface area contributed by atoms with Crippen molar-refractivity contribution in [3.8, 4) is 6.07 Å². The van der Waals surface area contributed by atoms with E-state index < -0.39 is 5.54 Å². The highest BCUT2D eigenvalue weighted by Crippen LogP contribution is 2.03. The summed E-state index contributed by atoms with van der Waals surface area (Å²) in [5.74, 6) is 0. The van der Waals surface area contributed by atoms with Gasteiger partial charge in [-0.05, 0) is 13.3 Å². The SMILES string of the molecule is CCC(C)(C#N)NO. The minimum absolute atomic E-state index is 0.597. The van der Waals surface area contributed by atoms with Crippen LogP contribution in [0.15, 0.2) is 0 Å². The minimum Gasteiger partial charge on any atom is -0.315 e. The van der Waals surface area contributed by atoms with Crippen LogP contribution in [-0.2, 0) is 0 Å². The maximum Gasteiger partial charge on any atom is 0.126 e. The van der Waals surface area contributed by atoms with Crippen molar-refractivity contribution in [3.05, 3.63) is 0 Å². The molecular formula is C5H10N2O. The lowest BCUT2D eigenvalue weighted by molar-refractivity contribution is 0.0987. The second kappa shape index (κ2) is 2.65. The summed E-state index contributed by atoms with van der Waals surface area (Å²) in [4.78, 5) is 0. The molecule has 0 aliphatic heterocycles. The average Bonchev–Trinajstić information content (AvgIpc) is 1.87. The summed E-state index contributed by atoms with van der Waals surface area (Å²) in [7, 11) is 0. The Hall–Kier alpha value is -0.590. The predicted octanol–water partition coefficient (Wildman–Crippen LogP) is 0.657. The molecule has 0 spiro atoms. The predicted molar refractivity (Wildman–Crippen MR) is 29.2 cm³/mol. The number of nitriles is 1. The van der Waals surface area contributed by atoms with Crippen molar-refractivity contribution in [1.29, 1.82) is 5.26 Å². The molecule has 0 rings (SSSR count). The summed E-state index contributed by atoms with van der Waals surface area (Å²) >= 11 is 0. The summed E-state index contributed by atoms with van der Waals surface area (Å²) in [6.45, 7) is 3.46. The van der Waals surface area contributed by atoms with E-state index in [0.29, 0.717) is 6.42 Å². The molecule has 0 amide bonds. The summed E-state index contributed by atoms with van der Waals surface area (Å²) in [6, 6.07) is 1.92. The maximum absolute atomic E-state index is 8.31. The fraction of sp³-hybridized carbons (Fsp3) is 0.800. The van der Waals surface area contributed by atoms with Gasteiger partial charge in [0.2, 0.25) is 0 Å². The van der Waals surface area contributed by atoms with Gasteiger partial charge in [0.1, 0.15) is 5.54 Å². The zero-order chi connectivity index (χ0) is 6.62. The Kier molecular flexibility index (Phi) is 2.46. The molecule has 0 aliphatic rings. The van der Waals surface area contributed by atoms with Gasteiger partial charge in [0, 0.05) is 0 Å². The van der Waals surface area contributed by atoms with Gasteiger partial charge in [0.15, 0.2) is 0 Å². The van der Waals surface area contributed by atoms with Crippen LogP contribution in [-0.4, -0.2) is 10.7 Å². The van der Waals surface area contributed by atoms with Crippen molar-refractivity contribution in [2.75, 3.05) is 0 Å². The minimum atomic E-state index is -0.764. The van der Waals surface area contributed by atoms with Crippen LogP contribution in [0.25, 0.3) is 0 Å². The van der Waals surface area contributed by atoms with E-state index in [1.165, 1.54) is 0 Å². The standard InChI is InChI=1S/C5H10N2O/c1-3-5(2,4-6)7-8/h7-8H,3H2,1-2H3. The lowest BCUT2D eigenvalue weighted by Gasteiger charge is -2.15. The fourth-order valence-corrected chi connectivity index (χ4v) is 0.183. The van der Waals surface area contributed by atoms with Crippen LogP contribution in [0.1, 0.15) is 20.3 Å². The van der Waals surface area contributed by atoms with Crippen molar-refractivity contribution in [1.82, 2.24) is 5.48 Å². The highest BCUT2D eigenvalue weighted by atomic mass is 16.5.